The van der Waals surface area contributed by atoms with Gasteiger partial charge in [-0.2, -0.15) is 5.10 Å². The van der Waals surface area contributed by atoms with E-state index in [1.807, 2.05) is 90.4 Å². The minimum atomic E-state index is -0.182. The van der Waals surface area contributed by atoms with Gasteiger partial charge in [0.25, 0.3) is 5.91 Å². The summed E-state index contributed by atoms with van der Waals surface area (Å²) in [6.07, 6.45) is 2.32. The van der Waals surface area contributed by atoms with Crippen LogP contribution in [0.1, 0.15) is 29.2 Å². The van der Waals surface area contributed by atoms with E-state index in [1.165, 1.54) is 11.8 Å². The Labute approximate surface area is 208 Å². The standard InChI is InChI=1S/C27H25N5O2S/c1-19-8-6-7-11-24(19)31-18-28-29-27(31)35-17-26(33)32-25(21-12-14-22(34-2)15-13-21)16-23(30-32)20-9-4-3-5-10-20/h3-15,18,25H,16-17H2,1-2H3. The number of hydrazone groups is 1. The van der Waals surface area contributed by atoms with Gasteiger partial charge in [-0.1, -0.05) is 72.4 Å². The predicted molar refractivity (Wildman–Crippen MR) is 137 cm³/mol. The fraction of sp³-hybridized carbons (Fsp3) is 0.185. The van der Waals surface area contributed by atoms with Gasteiger partial charge in [0.15, 0.2) is 5.16 Å². The molecule has 0 radical (unpaired) electrons. The Morgan fingerprint density at radius 1 is 1.03 bits per heavy atom. The third-order valence-electron chi connectivity index (χ3n) is 5.99. The highest BCUT2D eigenvalue weighted by Gasteiger charge is 2.33. The van der Waals surface area contributed by atoms with Crippen molar-refractivity contribution in [2.75, 3.05) is 12.9 Å². The largest absolute Gasteiger partial charge is 0.497 e. The van der Waals surface area contributed by atoms with Gasteiger partial charge >= 0.3 is 0 Å². The van der Waals surface area contributed by atoms with Crippen molar-refractivity contribution in [3.63, 3.8) is 0 Å². The molecule has 0 saturated heterocycles. The Kier molecular flexibility index (Phi) is 6.63. The lowest BCUT2D eigenvalue weighted by Gasteiger charge is -2.22. The highest BCUT2D eigenvalue weighted by atomic mass is 32.2. The number of rotatable bonds is 7. The number of para-hydroxylation sites is 1. The van der Waals surface area contributed by atoms with Crippen molar-refractivity contribution >= 4 is 23.4 Å². The lowest BCUT2D eigenvalue weighted by atomic mass is 9.98. The average molecular weight is 484 g/mol. The molecule has 1 unspecified atom stereocenters. The Morgan fingerprint density at radius 2 is 1.77 bits per heavy atom. The predicted octanol–water partition coefficient (Wildman–Crippen LogP) is 5.05. The van der Waals surface area contributed by atoms with Crippen LogP contribution < -0.4 is 4.74 Å². The summed E-state index contributed by atoms with van der Waals surface area (Å²) in [7, 11) is 1.64. The summed E-state index contributed by atoms with van der Waals surface area (Å²) >= 11 is 1.36. The number of ether oxygens (including phenoxy) is 1. The van der Waals surface area contributed by atoms with Crippen LogP contribution in [-0.2, 0) is 4.79 Å². The summed E-state index contributed by atoms with van der Waals surface area (Å²) in [5.74, 6) is 0.893. The van der Waals surface area contributed by atoms with Crippen LogP contribution in [-0.4, -0.2) is 44.3 Å². The second kappa shape index (κ2) is 10.1. The number of carbonyl (C=O) groups is 1. The van der Waals surface area contributed by atoms with Crippen LogP contribution in [0.4, 0.5) is 0 Å². The molecule has 0 N–H and O–H groups in total. The summed E-state index contributed by atoms with van der Waals surface area (Å²) in [5.41, 5.74) is 5.04. The molecule has 0 bridgehead atoms. The molecule has 0 saturated carbocycles. The molecule has 1 atom stereocenters. The number of benzene rings is 3. The number of hydrogen-bond donors (Lipinski definition) is 0. The number of amides is 1. The quantitative estimate of drug-likeness (QED) is 0.344. The van der Waals surface area contributed by atoms with Gasteiger partial charge in [0.2, 0.25) is 0 Å². The summed E-state index contributed by atoms with van der Waals surface area (Å²) in [6.45, 7) is 2.04. The van der Waals surface area contributed by atoms with Crippen LogP contribution >= 0.6 is 11.8 Å². The van der Waals surface area contributed by atoms with Crippen molar-refractivity contribution < 1.29 is 9.53 Å². The molecule has 2 heterocycles. The Balaban J connectivity index is 1.38. The van der Waals surface area contributed by atoms with Gasteiger partial charge in [-0.25, -0.2) is 5.01 Å². The number of aryl methyl sites for hydroxylation is 1. The minimum absolute atomic E-state index is 0.0823. The van der Waals surface area contributed by atoms with E-state index in [2.05, 4.69) is 10.2 Å². The molecule has 0 spiro atoms. The van der Waals surface area contributed by atoms with Crippen LogP contribution in [0, 0.1) is 6.92 Å². The molecule has 0 aliphatic carbocycles. The Bertz CT molecular complexity index is 1350. The van der Waals surface area contributed by atoms with Crippen LogP contribution in [0.15, 0.2) is 95.4 Å². The average Bonchev–Trinajstić information content (AvgIpc) is 3.56. The number of hydrogen-bond acceptors (Lipinski definition) is 6. The van der Waals surface area contributed by atoms with Gasteiger partial charge in [-0.05, 0) is 41.8 Å². The molecular formula is C27H25N5O2S. The Hall–Kier alpha value is -3.91. The van der Waals surface area contributed by atoms with Crippen molar-refractivity contribution in [2.45, 2.75) is 24.5 Å². The smallest absolute Gasteiger partial charge is 0.253 e. The summed E-state index contributed by atoms with van der Waals surface area (Å²) in [5, 5.41) is 15.4. The summed E-state index contributed by atoms with van der Waals surface area (Å²) < 4.78 is 7.22. The number of methoxy groups -OCH3 is 1. The van der Waals surface area contributed by atoms with Gasteiger partial charge in [-0.15, -0.1) is 10.2 Å². The van der Waals surface area contributed by atoms with E-state index in [-0.39, 0.29) is 17.7 Å². The number of nitrogens with zero attached hydrogens (tertiary/aromatic N) is 5. The summed E-state index contributed by atoms with van der Waals surface area (Å²) in [6, 6.07) is 25.7. The summed E-state index contributed by atoms with van der Waals surface area (Å²) in [4.78, 5) is 13.5. The molecular weight excluding hydrogens is 458 g/mol. The van der Waals surface area contributed by atoms with Crippen molar-refractivity contribution in [2.24, 2.45) is 5.10 Å². The van der Waals surface area contributed by atoms with Crippen molar-refractivity contribution in [1.82, 2.24) is 19.8 Å². The molecule has 35 heavy (non-hydrogen) atoms. The first-order valence-electron chi connectivity index (χ1n) is 11.3. The van der Waals surface area contributed by atoms with Crippen LogP contribution in [0.5, 0.6) is 5.75 Å². The van der Waals surface area contributed by atoms with Crippen molar-refractivity contribution in [3.8, 4) is 11.4 Å². The fourth-order valence-corrected chi connectivity index (χ4v) is 4.92. The molecule has 0 fully saturated rings. The first-order chi connectivity index (χ1) is 17.1. The highest BCUT2D eigenvalue weighted by molar-refractivity contribution is 7.99. The van der Waals surface area contributed by atoms with Crippen molar-refractivity contribution in [1.29, 1.82) is 0 Å². The van der Waals surface area contributed by atoms with E-state index in [1.54, 1.807) is 18.4 Å². The fourth-order valence-electron chi connectivity index (χ4n) is 4.15. The molecule has 1 amide bonds. The normalized spacial score (nSPS) is 15.2. The molecule has 3 aromatic carbocycles. The second-order valence-electron chi connectivity index (χ2n) is 8.20. The van der Waals surface area contributed by atoms with Crippen LogP contribution in [0.3, 0.4) is 0 Å². The first-order valence-corrected chi connectivity index (χ1v) is 12.3. The van der Waals surface area contributed by atoms with Gasteiger partial charge in [0, 0.05) is 6.42 Å². The lowest BCUT2D eigenvalue weighted by molar-refractivity contribution is -0.130. The lowest BCUT2D eigenvalue weighted by Crippen LogP contribution is -2.28. The van der Waals surface area contributed by atoms with Gasteiger partial charge in [0.05, 0.1) is 30.3 Å². The molecule has 7 nitrogen and oxygen atoms in total. The molecule has 176 valence electrons. The van der Waals surface area contributed by atoms with E-state index >= 15 is 0 Å². The molecule has 8 heteroatoms. The maximum Gasteiger partial charge on any atom is 0.253 e. The topological polar surface area (TPSA) is 72.6 Å². The maximum atomic E-state index is 13.5. The van der Waals surface area contributed by atoms with Crippen molar-refractivity contribution in [3.05, 3.63) is 102 Å². The van der Waals surface area contributed by atoms with E-state index in [0.29, 0.717) is 11.6 Å². The zero-order valence-electron chi connectivity index (χ0n) is 19.5. The number of carbonyl (C=O) groups excluding carboxylic acids is 1. The monoisotopic (exact) mass is 483 g/mol. The minimum Gasteiger partial charge on any atom is -0.497 e. The van der Waals surface area contributed by atoms with E-state index in [0.717, 1.165) is 33.8 Å². The van der Waals surface area contributed by atoms with Gasteiger partial charge in [0.1, 0.15) is 12.1 Å². The maximum absolute atomic E-state index is 13.5. The second-order valence-corrected chi connectivity index (χ2v) is 9.15. The molecule has 1 aromatic heterocycles. The molecule has 1 aliphatic heterocycles. The van der Waals surface area contributed by atoms with Gasteiger partial charge < -0.3 is 4.74 Å². The molecule has 5 rings (SSSR count). The van der Waals surface area contributed by atoms with Crippen LogP contribution in [0.25, 0.3) is 5.69 Å². The van der Waals surface area contributed by atoms with E-state index < -0.39 is 0 Å². The third kappa shape index (κ3) is 4.83. The SMILES string of the molecule is COc1ccc(C2CC(c3ccccc3)=NN2C(=O)CSc2nncn2-c2ccccc2C)cc1. The first kappa shape index (κ1) is 22.9. The molecule has 4 aromatic rings. The van der Waals surface area contributed by atoms with E-state index in [9.17, 15) is 4.79 Å². The molecule has 1 aliphatic rings. The van der Waals surface area contributed by atoms with Crippen LogP contribution in [0.2, 0.25) is 0 Å². The van der Waals surface area contributed by atoms with E-state index in [4.69, 9.17) is 9.84 Å². The third-order valence-corrected chi connectivity index (χ3v) is 6.92. The highest BCUT2D eigenvalue weighted by Crippen LogP contribution is 2.34. The zero-order valence-corrected chi connectivity index (χ0v) is 20.4. The number of thioether (sulfide) groups is 1. The van der Waals surface area contributed by atoms with Gasteiger partial charge in [-0.3, -0.25) is 9.36 Å². The Morgan fingerprint density at radius 3 is 2.51 bits per heavy atom. The zero-order chi connectivity index (χ0) is 24.2. The number of aromatic nitrogens is 3.